The lowest BCUT2D eigenvalue weighted by Crippen LogP contribution is -2.22. The number of azo groups is 1. The van der Waals surface area contributed by atoms with Crippen molar-refractivity contribution in [2.45, 2.75) is 6.54 Å². The highest BCUT2D eigenvalue weighted by Gasteiger charge is 2.18. The van der Waals surface area contributed by atoms with Crippen molar-refractivity contribution in [3.05, 3.63) is 96.1 Å². The number of hydrogen-bond donors (Lipinski definition) is 2. The molecule has 0 atom stereocenters. The summed E-state index contributed by atoms with van der Waals surface area (Å²) in [5.41, 5.74) is 1.98. The minimum atomic E-state index is -0.393. The second-order valence-corrected chi connectivity index (χ2v) is 6.91. The van der Waals surface area contributed by atoms with Gasteiger partial charge in [-0.2, -0.15) is 5.11 Å². The van der Waals surface area contributed by atoms with Crippen molar-refractivity contribution < 1.29 is 14.6 Å². The number of phenolic OH excluding ortho intramolecular Hbond substituents is 1. The van der Waals surface area contributed by atoms with Gasteiger partial charge in [0, 0.05) is 11.9 Å². The van der Waals surface area contributed by atoms with Crippen molar-refractivity contribution in [1.29, 1.82) is 0 Å². The molecule has 6 nitrogen and oxygen atoms in total. The van der Waals surface area contributed by atoms with Gasteiger partial charge in [-0.05, 0) is 41.3 Å². The normalized spacial score (nSPS) is 11.0. The van der Waals surface area contributed by atoms with Crippen LogP contribution in [-0.2, 0) is 6.54 Å². The standard InChI is InChI=1S/C25H21N3O3/c1-31-20-13-11-17(12-14-20)16-26-25(30)22-15-18-7-5-6-10-21(18)23(24(22)29)28-27-19-8-3-2-4-9-19/h2-15,29H,16H2,1H3,(H,26,30). The second-order valence-electron chi connectivity index (χ2n) is 6.91. The van der Waals surface area contributed by atoms with E-state index in [1.54, 1.807) is 13.2 Å². The lowest BCUT2D eigenvalue weighted by molar-refractivity contribution is 0.0948. The van der Waals surface area contributed by atoms with E-state index in [0.717, 1.165) is 16.7 Å². The molecule has 0 radical (unpaired) electrons. The zero-order chi connectivity index (χ0) is 21.6. The van der Waals surface area contributed by atoms with E-state index in [-0.39, 0.29) is 17.0 Å². The smallest absolute Gasteiger partial charge is 0.255 e. The first kappa shape index (κ1) is 20.1. The van der Waals surface area contributed by atoms with Gasteiger partial charge in [0.25, 0.3) is 5.91 Å². The lowest BCUT2D eigenvalue weighted by Gasteiger charge is -2.11. The third-order valence-electron chi connectivity index (χ3n) is 4.87. The van der Waals surface area contributed by atoms with Gasteiger partial charge >= 0.3 is 0 Å². The molecular weight excluding hydrogens is 390 g/mol. The SMILES string of the molecule is COc1ccc(CNC(=O)c2cc3ccccc3c(N=Nc3ccccc3)c2O)cc1. The maximum atomic E-state index is 12.9. The van der Waals surface area contributed by atoms with Crippen LogP contribution in [0.3, 0.4) is 0 Å². The fourth-order valence-corrected chi connectivity index (χ4v) is 3.22. The molecule has 0 saturated carbocycles. The van der Waals surface area contributed by atoms with Crippen molar-refractivity contribution in [3.8, 4) is 11.5 Å². The molecule has 0 aliphatic carbocycles. The van der Waals surface area contributed by atoms with Gasteiger partial charge < -0.3 is 15.2 Å². The number of nitrogens with zero attached hydrogens (tertiary/aromatic N) is 2. The van der Waals surface area contributed by atoms with Crippen molar-refractivity contribution >= 4 is 28.1 Å². The molecule has 0 aliphatic rings. The summed E-state index contributed by atoms with van der Waals surface area (Å²) in [5, 5.41) is 23.7. The topological polar surface area (TPSA) is 83.3 Å². The third kappa shape index (κ3) is 4.53. The molecule has 1 amide bonds. The van der Waals surface area contributed by atoms with Crippen LogP contribution in [0.4, 0.5) is 11.4 Å². The van der Waals surface area contributed by atoms with Crippen molar-refractivity contribution in [2.24, 2.45) is 10.2 Å². The molecule has 4 aromatic carbocycles. The molecule has 154 valence electrons. The Labute approximate surface area is 179 Å². The molecule has 4 aromatic rings. The average Bonchev–Trinajstić information content (AvgIpc) is 2.82. The summed E-state index contributed by atoms with van der Waals surface area (Å²) >= 11 is 0. The van der Waals surface area contributed by atoms with Gasteiger partial charge in [0.1, 0.15) is 11.4 Å². The monoisotopic (exact) mass is 411 g/mol. The Hall–Kier alpha value is -4.19. The van der Waals surface area contributed by atoms with Gasteiger partial charge in [0.05, 0.1) is 18.4 Å². The molecule has 0 saturated heterocycles. The average molecular weight is 411 g/mol. The molecule has 0 spiro atoms. The predicted molar refractivity (Wildman–Crippen MR) is 120 cm³/mol. The Morgan fingerprint density at radius 2 is 1.65 bits per heavy atom. The zero-order valence-corrected chi connectivity index (χ0v) is 16.9. The largest absolute Gasteiger partial charge is 0.505 e. The van der Waals surface area contributed by atoms with Gasteiger partial charge in [0.15, 0.2) is 5.75 Å². The number of carbonyl (C=O) groups is 1. The van der Waals surface area contributed by atoms with Gasteiger partial charge in [-0.3, -0.25) is 4.79 Å². The summed E-state index contributed by atoms with van der Waals surface area (Å²) in [7, 11) is 1.60. The maximum absolute atomic E-state index is 12.9. The number of phenols is 1. The highest BCUT2D eigenvalue weighted by Crippen LogP contribution is 2.39. The molecule has 0 heterocycles. The van der Waals surface area contributed by atoms with E-state index >= 15 is 0 Å². The first-order valence-electron chi connectivity index (χ1n) is 9.78. The van der Waals surface area contributed by atoms with Crippen LogP contribution in [0.25, 0.3) is 10.8 Å². The Morgan fingerprint density at radius 1 is 0.935 bits per heavy atom. The molecule has 0 aliphatic heterocycles. The van der Waals surface area contributed by atoms with Gasteiger partial charge in [0.2, 0.25) is 0 Å². The van der Waals surface area contributed by atoms with Crippen LogP contribution in [-0.4, -0.2) is 18.1 Å². The van der Waals surface area contributed by atoms with Crippen LogP contribution in [0.5, 0.6) is 11.5 Å². The number of amides is 1. The fraction of sp³-hybridized carbons (Fsp3) is 0.0800. The van der Waals surface area contributed by atoms with Crippen LogP contribution < -0.4 is 10.1 Å². The highest BCUT2D eigenvalue weighted by molar-refractivity contribution is 6.06. The quantitative estimate of drug-likeness (QED) is 0.388. The molecule has 0 aromatic heterocycles. The van der Waals surface area contributed by atoms with Crippen LogP contribution >= 0.6 is 0 Å². The predicted octanol–water partition coefficient (Wildman–Crippen LogP) is 5.90. The number of benzene rings is 4. The summed E-state index contributed by atoms with van der Waals surface area (Å²) in [6, 6.07) is 25.7. The van der Waals surface area contributed by atoms with E-state index in [1.165, 1.54) is 0 Å². The third-order valence-corrected chi connectivity index (χ3v) is 4.87. The van der Waals surface area contributed by atoms with Crippen molar-refractivity contribution in [2.75, 3.05) is 7.11 Å². The Bertz CT molecular complexity index is 1240. The molecule has 31 heavy (non-hydrogen) atoms. The van der Waals surface area contributed by atoms with Crippen LogP contribution in [0.1, 0.15) is 15.9 Å². The van der Waals surface area contributed by atoms with Gasteiger partial charge in [-0.15, -0.1) is 5.11 Å². The zero-order valence-electron chi connectivity index (χ0n) is 16.9. The highest BCUT2D eigenvalue weighted by atomic mass is 16.5. The minimum Gasteiger partial charge on any atom is -0.505 e. The van der Waals surface area contributed by atoms with Crippen LogP contribution in [0.15, 0.2) is 95.2 Å². The van der Waals surface area contributed by atoms with E-state index in [1.807, 2.05) is 78.9 Å². The number of rotatable bonds is 6. The summed E-state index contributed by atoms with van der Waals surface area (Å²) in [4.78, 5) is 12.9. The number of fused-ring (bicyclic) bond motifs is 1. The molecule has 0 bridgehead atoms. The van der Waals surface area contributed by atoms with E-state index in [4.69, 9.17) is 4.74 Å². The summed E-state index contributed by atoms with van der Waals surface area (Å²) < 4.78 is 5.15. The Balaban J connectivity index is 1.64. The maximum Gasteiger partial charge on any atom is 0.255 e. The lowest BCUT2D eigenvalue weighted by atomic mass is 10.0. The van der Waals surface area contributed by atoms with E-state index in [9.17, 15) is 9.90 Å². The number of ether oxygens (including phenoxy) is 1. The van der Waals surface area contributed by atoms with Crippen molar-refractivity contribution in [3.63, 3.8) is 0 Å². The molecule has 2 N–H and O–H groups in total. The number of nitrogens with one attached hydrogen (secondary N) is 1. The molecule has 4 rings (SSSR count). The van der Waals surface area contributed by atoms with E-state index in [2.05, 4.69) is 15.5 Å². The van der Waals surface area contributed by atoms with E-state index < -0.39 is 5.91 Å². The molecule has 6 heteroatoms. The molecular formula is C25H21N3O3. The number of hydrogen-bond acceptors (Lipinski definition) is 5. The fourth-order valence-electron chi connectivity index (χ4n) is 3.22. The Morgan fingerprint density at radius 3 is 2.39 bits per heavy atom. The number of carbonyl (C=O) groups excluding carboxylic acids is 1. The summed E-state index contributed by atoms with van der Waals surface area (Å²) in [5.74, 6) is 0.150. The molecule has 0 fully saturated rings. The van der Waals surface area contributed by atoms with Crippen LogP contribution in [0, 0.1) is 0 Å². The van der Waals surface area contributed by atoms with Gasteiger partial charge in [-0.25, -0.2) is 0 Å². The van der Waals surface area contributed by atoms with E-state index in [0.29, 0.717) is 17.6 Å². The number of methoxy groups -OCH3 is 1. The summed E-state index contributed by atoms with van der Waals surface area (Å²) in [6.45, 7) is 0.315. The van der Waals surface area contributed by atoms with Crippen molar-refractivity contribution in [1.82, 2.24) is 5.32 Å². The molecule has 0 unspecified atom stereocenters. The second kappa shape index (κ2) is 9.09. The Kier molecular flexibility index (Phi) is 5.89. The first-order valence-corrected chi connectivity index (χ1v) is 9.78. The summed E-state index contributed by atoms with van der Waals surface area (Å²) in [6.07, 6.45) is 0. The van der Waals surface area contributed by atoms with Crippen LogP contribution in [0.2, 0.25) is 0 Å². The van der Waals surface area contributed by atoms with Gasteiger partial charge in [-0.1, -0.05) is 54.6 Å². The minimum absolute atomic E-state index is 0.147. The first-order chi connectivity index (χ1) is 15.2. The number of aromatic hydroxyl groups is 1.